The summed E-state index contributed by atoms with van der Waals surface area (Å²) in [6, 6.07) is 14.6. The van der Waals surface area contributed by atoms with Gasteiger partial charge in [0.1, 0.15) is 5.75 Å². The number of para-hydroxylation sites is 1. The molecule has 0 spiro atoms. The van der Waals surface area contributed by atoms with E-state index < -0.39 is 0 Å². The minimum atomic E-state index is -0.206. The van der Waals surface area contributed by atoms with E-state index in [0.717, 1.165) is 11.3 Å². The fourth-order valence-electron chi connectivity index (χ4n) is 1.53. The fourth-order valence-corrected chi connectivity index (χ4v) is 1.70. The van der Waals surface area contributed by atoms with Crippen molar-refractivity contribution in [3.8, 4) is 5.75 Å². The molecule has 0 aromatic heterocycles. The van der Waals surface area contributed by atoms with E-state index in [4.69, 9.17) is 16.3 Å². The number of anilines is 1. The summed E-state index contributed by atoms with van der Waals surface area (Å²) < 4.78 is 5.38. The lowest BCUT2D eigenvalue weighted by molar-refractivity contribution is -0.118. The van der Waals surface area contributed by atoms with E-state index in [1.54, 1.807) is 12.1 Å². The van der Waals surface area contributed by atoms with Gasteiger partial charge < -0.3 is 10.1 Å². The first kappa shape index (κ1) is 13.4. The molecule has 3 nitrogen and oxygen atoms in total. The van der Waals surface area contributed by atoms with Gasteiger partial charge in [-0.05, 0) is 36.8 Å². The number of benzene rings is 2. The van der Waals surface area contributed by atoms with Crippen LogP contribution >= 0.6 is 11.6 Å². The highest BCUT2D eigenvalue weighted by Crippen LogP contribution is 2.21. The third kappa shape index (κ3) is 4.00. The molecule has 98 valence electrons. The van der Waals surface area contributed by atoms with E-state index in [2.05, 4.69) is 5.32 Å². The van der Waals surface area contributed by atoms with E-state index in [9.17, 15) is 4.79 Å². The van der Waals surface area contributed by atoms with Gasteiger partial charge in [-0.15, -0.1) is 0 Å². The number of ether oxygens (including phenoxy) is 1. The SMILES string of the molecule is Cc1ccc(OCC(=O)Nc2ccccc2)cc1Cl. The minimum absolute atomic E-state index is 0.0473. The molecule has 2 aromatic rings. The van der Waals surface area contributed by atoms with Crippen molar-refractivity contribution in [2.45, 2.75) is 6.92 Å². The number of carbonyl (C=O) groups is 1. The number of amides is 1. The zero-order valence-electron chi connectivity index (χ0n) is 10.5. The van der Waals surface area contributed by atoms with E-state index in [1.165, 1.54) is 0 Å². The zero-order valence-corrected chi connectivity index (χ0v) is 11.3. The Morgan fingerprint density at radius 3 is 2.63 bits per heavy atom. The number of nitrogens with one attached hydrogen (secondary N) is 1. The Labute approximate surface area is 117 Å². The van der Waals surface area contributed by atoms with Gasteiger partial charge in [-0.2, -0.15) is 0 Å². The van der Waals surface area contributed by atoms with Gasteiger partial charge in [-0.25, -0.2) is 0 Å². The molecule has 0 unspecified atom stereocenters. The van der Waals surface area contributed by atoms with Crippen LogP contribution < -0.4 is 10.1 Å². The smallest absolute Gasteiger partial charge is 0.262 e. The largest absolute Gasteiger partial charge is 0.484 e. The molecule has 0 saturated carbocycles. The molecule has 4 heteroatoms. The lowest BCUT2D eigenvalue weighted by Gasteiger charge is -2.08. The van der Waals surface area contributed by atoms with E-state index >= 15 is 0 Å². The molecular formula is C15H14ClNO2. The van der Waals surface area contributed by atoms with Crippen molar-refractivity contribution in [1.29, 1.82) is 0 Å². The second-order valence-corrected chi connectivity index (χ2v) is 4.52. The number of rotatable bonds is 4. The van der Waals surface area contributed by atoms with Crippen molar-refractivity contribution < 1.29 is 9.53 Å². The number of hydrogen-bond acceptors (Lipinski definition) is 2. The van der Waals surface area contributed by atoms with Crippen LogP contribution in [0, 0.1) is 6.92 Å². The third-order valence-corrected chi connectivity index (χ3v) is 2.98. The lowest BCUT2D eigenvalue weighted by atomic mass is 10.2. The first-order chi connectivity index (χ1) is 9.15. The summed E-state index contributed by atoms with van der Waals surface area (Å²) in [7, 11) is 0. The lowest BCUT2D eigenvalue weighted by Crippen LogP contribution is -2.20. The molecule has 0 saturated heterocycles. The molecule has 0 aliphatic heterocycles. The van der Waals surface area contributed by atoms with Gasteiger partial charge in [-0.3, -0.25) is 4.79 Å². The third-order valence-electron chi connectivity index (χ3n) is 2.57. The fraction of sp³-hybridized carbons (Fsp3) is 0.133. The predicted molar refractivity (Wildman–Crippen MR) is 76.8 cm³/mol. The number of carbonyl (C=O) groups excluding carboxylic acids is 1. The average molecular weight is 276 g/mol. The molecule has 0 bridgehead atoms. The highest BCUT2D eigenvalue weighted by atomic mass is 35.5. The Morgan fingerprint density at radius 1 is 1.21 bits per heavy atom. The highest BCUT2D eigenvalue weighted by Gasteiger charge is 2.04. The standard InChI is InChI=1S/C15H14ClNO2/c1-11-7-8-13(9-14(11)16)19-10-15(18)17-12-5-3-2-4-6-12/h2-9H,10H2,1H3,(H,17,18). The summed E-state index contributed by atoms with van der Waals surface area (Å²) in [4.78, 5) is 11.7. The van der Waals surface area contributed by atoms with Crippen molar-refractivity contribution in [3.05, 3.63) is 59.1 Å². The quantitative estimate of drug-likeness (QED) is 0.925. The van der Waals surface area contributed by atoms with Crippen molar-refractivity contribution in [2.75, 3.05) is 11.9 Å². The minimum Gasteiger partial charge on any atom is -0.484 e. The maximum atomic E-state index is 11.7. The molecule has 0 radical (unpaired) electrons. The molecular weight excluding hydrogens is 262 g/mol. The second-order valence-electron chi connectivity index (χ2n) is 4.11. The van der Waals surface area contributed by atoms with Crippen molar-refractivity contribution in [3.63, 3.8) is 0 Å². The number of halogens is 1. The molecule has 0 atom stereocenters. The molecule has 0 fully saturated rings. The Bertz CT molecular complexity index is 570. The first-order valence-corrected chi connectivity index (χ1v) is 6.27. The maximum Gasteiger partial charge on any atom is 0.262 e. The summed E-state index contributed by atoms with van der Waals surface area (Å²) in [5.74, 6) is 0.377. The number of aryl methyl sites for hydroxylation is 1. The van der Waals surface area contributed by atoms with Crippen molar-refractivity contribution >= 4 is 23.2 Å². The molecule has 0 heterocycles. The van der Waals surface area contributed by atoms with Gasteiger partial charge in [0.2, 0.25) is 0 Å². The summed E-state index contributed by atoms with van der Waals surface area (Å²) in [6.07, 6.45) is 0. The highest BCUT2D eigenvalue weighted by molar-refractivity contribution is 6.31. The van der Waals surface area contributed by atoms with Gasteiger partial charge in [0.15, 0.2) is 6.61 Å². The zero-order chi connectivity index (χ0) is 13.7. The Hall–Kier alpha value is -2.00. The van der Waals surface area contributed by atoms with Gasteiger partial charge >= 0.3 is 0 Å². The Balaban J connectivity index is 1.88. The van der Waals surface area contributed by atoms with Gasteiger partial charge in [0.05, 0.1) is 0 Å². The van der Waals surface area contributed by atoms with Crippen LogP contribution in [0.5, 0.6) is 5.75 Å². The Kier molecular flexibility index (Phi) is 4.42. The van der Waals surface area contributed by atoms with Crippen LogP contribution in [0.4, 0.5) is 5.69 Å². The molecule has 2 rings (SSSR count). The van der Waals surface area contributed by atoms with Crippen molar-refractivity contribution in [2.24, 2.45) is 0 Å². The van der Waals surface area contributed by atoms with Crippen LogP contribution in [-0.4, -0.2) is 12.5 Å². The first-order valence-electron chi connectivity index (χ1n) is 5.89. The van der Waals surface area contributed by atoms with Crippen LogP contribution in [-0.2, 0) is 4.79 Å². The van der Waals surface area contributed by atoms with Crippen LogP contribution in [0.15, 0.2) is 48.5 Å². The van der Waals surface area contributed by atoms with E-state index in [0.29, 0.717) is 10.8 Å². The molecule has 19 heavy (non-hydrogen) atoms. The van der Waals surface area contributed by atoms with Gasteiger partial charge in [0, 0.05) is 10.7 Å². The van der Waals surface area contributed by atoms with Crippen LogP contribution in [0.2, 0.25) is 5.02 Å². The molecule has 0 aliphatic rings. The second kappa shape index (κ2) is 6.25. The molecule has 0 aliphatic carbocycles. The summed E-state index contributed by atoms with van der Waals surface area (Å²) in [5, 5.41) is 3.37. The van der Waals surface area contributed by atoms with Crippen molar-refractivity contribution in [1.82, 2.24) is 0 Å². The maximum absolute atomic E-state index is 11.7. The monoisotopic (exact) mass is 275 g/mol. The summed E-state index contributed by atoms with van der Waals surface area (Å²) >= 11 is 5.98. The van der Waals surface area contributed by atoms with Crippen LogP contribution in [0.25, 0.3) is 0 Å². The number of hydrogen-bond donors (Lipinski definition) is 1. The summed E-state index contributed by atoms with van der Waals surface area (Å²) in [6.45, 7) is 1.86. The normalized spacial score (nSPS) is 10.0. The molecule has 2 aromatic carbocycles. The summed E-state index contributed by atoms with van der Waals surface area (Å²) in [5.41, 5.74) is 1.72. The van der Waals surface area contributed by atoms with Crippen LogP contribution in [0.1, 0.15) is 5.56 Å². The average Bonchev–Trinajstić information content (AvgIpc) is 2.41. The molecule has 1 N–H and O–H groups in total. The van der Waals surface area contributed by atoms with E-state index in [-0.39, 0.29) is 12.5 Å². The van der Waals surface area contributed by atoms with Crippen LogP contribution in [0.3, 0.4) is 0 Å². The van der Waals surface area contributed by atoms with E-state index in [1.807, 2.05) is 43.3 Å². The molecule has 1 amide bonds. The van der Waals surface area contributed by atoms with Gasteiger partial charge in [-0.1, -0.05) is 35.9 Å². The topological polar surface area (TPSA) is 38.3 Å². The Morgan fingerprint density at radius 2 is 1.95 bits per heavy atom. The van der Waals surface area contributed by atoms with Gasteiger partial charge in [0.25, 0.3) is 5.91 Å². The predicted octanol–water partition coefficient (Wildman–Crippen LogP) is 3.67.